The Hall–Kier alpha value is -3.69. The number of aromatic nitrogens is 3. The van der Waals surface area contributed by atoms with Gasteiger partial charge in [0.1, 0.15) is 0 Å². The smallest absolute Gasteiger partial charge is 0.274 e. The number of carbonyl (C=O) groups is 1. The molecule has 0 aliphatic carbocycles. The number of nitro groups is 1. The summed E-state index contributed by atoms with van der Waals surface area (Å²) in [5.74, 6) is 0.153. The largest absolute Gasteiger partial charge is 0.366 e. The van der Waals surface area contributed by atoms with Crippen LogP contribution in [0.1, 0.15) is 21.5 Å². The summed E-state index contributed by atoms with van der Waals surface area (Å²) >= 11 is 7.34. The van der Waals surface area contributed by atoms with Gasteiger partial charge >= 0.3 is 0 Å². The Balaban J connectivity index is 1.73. The summed E-state index contributed by atoms with van der Waals surface area (Å²) in [6.45, 7) is 2.00. The lowest BCUT2D eigenvalue weighted by molar-refractivity contribution is -0.385. The van der Waals surface area contributed by atoms with Crippen LogP contribution in [-0.4, -0.2) is 25.6 Å². The number of benzene rings is 3. The predicted octanol–water partition coefficient (Wildman–Crippen LogP) is 5.20. The quantitative estimate of drug-likeness (QED) is 0.221. The number of nitrogens with two attached hydrogens (primary N) is 1. The first kappa shape index (κ1) is 22.5. The number of thioether (sulfide) groups is 1. The molecule has 0 atom stereocenters. The van der Waals surface area contributed by atoms with Gasteiger partial charge in [-0.15, -0.1) is 10.2 Å². The zero-order valence-electron chi connectivity index (χ0n) is 17.4. The number of halogens is 1. The second-order valence-corrected chi connectivity index (χ2v) is 8.62. The van der Waals surface area contributed by atoms with Crippen molar-refractivity contribution in [3.05, 3.63) is 98.6 Å². The molecule has 0 saturated heterocycles. The van der Waals surface area contributed by atoms with Crippen molar-refractivity contribution in [2.24, 2.45) is 5.73 Å². The van der Waals surface area contributed by atoms with Crippen LogP contribution in [0, 0.1) is 17.0 Å². The van der Waals surface area contributed by atoms with E-state index < -0.39 is 10.8 Å². The van der Waals surface area contributed by atoms with Crippen molar-refractivity contribution in [1.29, 1.82) is 0 Å². The minimum atomic E-state index is -0.718. The van der Waals surface area contributed by atoms with E-state index in [1.54, 1.807) is 12.1 Å². The van der Waals surface area contributed by atoms with Crippen LogP contribution in [0.4, 0.5) is 5.69 Å². The van der Waals surface area contributed by atoms with Crippen LogP contribution < -0.4 is 5.73 Å². The summed E-state index contributed by atoms with van der Waals surface area (Å²) in [5, 5.41) is 21.4. The van der Waals surface area contributed by atoms with E-state index in [-0.39, 0.29) is 17.0 Å². The summed E-state index contributed by atoms with van der Waals surface area (Å²) in [5.41, 5.74) is 8.43. The monoisotopic (exact) mass is 479 g/mol. The van der Waals surface area contributed by atoms with E-state index in [4.69, 9.17) is 17.3 Å². The number of rotatable bonds is 7. The average molecular weight is 480 g/mol. The minimum absolute atomic E-state index is 0.0864. The molecule has 3 aromatic carbocycles. The van der Waals surface area contributed by atoms with Crippen molar-refractivity contribution in [2.45, 2.75) is 17.8 Å². The highest BCUT2D eigenvalue weighted by Crippen LogP contribution is 2.32. The standard InChI is InChI=1S/C23H18ClN5O3S/c1-14-2-10-19(11-3-14)28-22(15-6-8-18(24)9-7-15)26-27-23(28)33-13-17-5-4-16(21(25)30)12-20(17)29(31)32/h2-12H,13H2,1H3,(H2,25,30). The summed E-state index contributed by atoms with van der Waals surface area (Å²) in [4.78, 5) is 22.4. The molecule has 4 rings (SSSR count). The van der Waals surface area contributed by atoms with Gasteiger partial charge in [0.15, 0.2) is 11.0 Å². The summed E-state index contributed by atoms with van der Waals surface area (Å²) < 4.78 is 1.90. The van der Waals surface area contributed by atoms with Crippen LogP contribution in [0.3, 0.4) is 0 Å². The summed E-state index contributed by atoms with van der Waals surface area (Å²) in [6, 6.07) is 19.4. The van der Waals surface area contributed by atoms with Crippen LogP contribution in [0.5, 0.6) is 0 Å². The number of nitrogens with zero attached hydrogens (tertiary/aromatic N) is 4. The highest BCUT2D eigenvalue weighted by molar-refractivity contribution is 7.98. The fourth-order valence-corrected chi connectivity index (χ4v) is 4.30. The molecule has 0 saturated carbocycles. The Labute approximate surface area is 198 Å². The van der Waals surface area contributed by atoms with Crippen LogP contribution in [0.2, 0.25) is 5.02 Å². The topological polar surface area (TPSA) is 117 Å². The number of amides is 1. The summed E-state index contributed by atoms with van der Waals surface area (Å²) in [7, 11) is 0. The molecule has 4 aromatic rings. The molecule has 0 bridgehead atoms. The predicted molar refractivity (Wildman–Crippen MR) is 128 cm³/mol. The molecule has 166 valence electrons. The molecule has 0 aliphatic rings. The number of carbonyl (C=O) groups excluding carboxylic acids is 1. The van der Waals surface area contributed by atoms with E-state index in [0.717, 1.165) is 16.8 Å². The molecular formula is C23H18ClN5O3S. The lowest BCUT2D eigenvalue weighted by Crippen LogP contribution is -2.11. The van der Waals surface area contributed by atoms with Gasteiger partial charge in [-0.05, 0) is 49.4 Å². The lowest BCUT2D eigenvalue weighted by atomic mass is 10.1. The maximum absolute atomic E-state index is 11.5. The second-order valence-electron chi connectivity index (χ2n) is 7.24. The highest BCUT2D eigenvalue weighted by Gasteiger charge is 2.20. The van der Waals surface area contributed by atoms with Gasteiger partial charge in [-0.25, -0.2) is 0 Å². The Bertz CT molecular complexity index is 1340. The zero-order valence-corrected chi connectivity index (χ0v) is 19.0. The van der Waals surface area contributed by atoms with Crippen molar-refractivity contribution in [1.82, 2.24) is 14.8 Å². The molecular weight excluding hydrogens is 462 g/mol. The molecule has 0 spiro atoms. The Kier molecular flexibility index (Phi) is 6.43. The van der Waals surface area contributed by atoms with Crippen molar-refractivity contribution >= 4 is 35.0 Å². The third-order valence-electron chi connectivity index (χ3n) is 4.95. The third kappa shape index (κ3) is 4.89. The Morgan fingerprint density at radius 2 is 1.79 bits per heavy atom. The van der Waals surface area contributed by atoms with E-state index in [1.165, 1.54) is 30.0 Å². The molecule has 2 N–H and O–H groups in total. The molecule has 0 aliphatic heterocycles. The number of aryl methyl sites for hydroxylation is 1. The normalized spacial score (nSPS) is 10.8. The molecule has 1 aromatic heterocycles. The van der Waals surface area contributed by atoms with Gasteiger partial charge < -0.3 is 5.73 Å². The SMILES string of the molecule is Cc1ccc(-n2c(SCc3ccc(C(N)=O)cc3[N+](=O)[O-])nnc2-c2ccc(Cl)cc2)cc1. The van der Waals surface area contributed by atoms with Crippen molar-refractivity contribution in [3.63, 3.8) is 0 Å². The van der Waals surface area contributed by atoms with Gasteiger partial charge in [-0.2, -0.15) is 0 Å². The van der Waals surface area contributed by atoms with E-state index in [1.807, 2.05) is 47.9 Å². The van der Waals surface area contributed by atoms with Gasteiger partial charge in [0.2, 0.25) is 5.91 Å². The van der Waals surface area contributed by atoms with Gasteiger partial charge in [0, 0.05) is 39.2 Å². The van der Waals surface area contributed by atoms with Crippen LogP contribution in [0.15, 0.2) is 71.9 Å². The molecule has 1 heterocycles. The first-order valence-corrected chi connectivity index (χ1v) is 11.2. The van der Waals surface area contributed by atoms with E-state index in [2.05, 4.69) is 10.2 Å². The first-order chi connectivity index (χ1) is 15.8. The minimum Gasteiger partial charge on any atom is -0.366 e. The number of hydrogen-bond acceptors (Lipinski definition) is 6. The van der Waals surface area contributed by atoms with Crippen molar-refractivity contribution in [3.8, 4) is 17.1 Å². The van der Waals surface area contributed by atoms with Gasteiger partial charge in [-0.3, -0.25) is 19.5 Å². The first-order valence-electron chi connectivity index (χ1n) is 9.82. The average Bonchev–Trinajstić information content (AvgIpc) is 3.22. The Morgan fingerprint density at radius 3 is 2.42 bits per heavy atom. The number of hydrogen-bond donors (Lipinski definition) is 1. The van der Waals surface area contributed by atoms with E-state index >= 15 is 0 Å². The van der Waals surface area contributed by atoms with Crippen molar-refractivity contribution in [2.75, 3.05) is 0 Å². The van der Waals surface area contributed by atoms with E-state index in [0.29, 0.717) is 21.6 Å². The highest BCUT2D eigenvalue weighted by atomic mass is 35.5. The maximum atomic E-state index is 11.5. The fourth-order valence-electron chi connectivity index (χ4n) is 3.23. The van der Waals surface area contributed by atoms with Crippen LogP contribution >= 0.6 is 23.4 Å². The van der Waals surface area contributed by atoms with Crippen LogP contribution in [0.25, 0.3) is 17.1 Å². The van der Waals surface area contributed by atoms with Crippen molar-refractivity contribution < 1.29 is 9.72 Å². The molecule has 8 nitrogen and oxygen atoms in total. The Morgan fingerprint density at radius 1 is 1.09 bits per heavy atom. The molecule has 0 unspecified atom stereocenters. The second kappa shape index (κ2) is 9.43. The zero-order chi connectivity index (χ0) is 23.5. The third-order valence-corrected chi connectivity index (χ3v) is 6.18. The van der Waals surface area contributed by atoms with Crippen LogP contribution in [-0.2, 0) is 5.75 Å². The number of nitro benzene ring substituents is 1. The molecule has 33 heavy (non-hydrogen) atoms. The van der Waals surface area contributed by atoms with Gasteiger partial charge in [0.05, 0.1) is 4.92 Å². The molecule has 1 amide bonds. The molecule has 0 fully saturated rings. The lowest BCUT2D eigenvalue weighted by Gasteiger charge is -2.11. The fraction of sp³-hybridized carbons (Fsp3) is 0.0870. The molecule has 10 heteroatoms. The summed E-state index contributed by atoms with van der Waals surface area (Å²) in [6.07, 6.45) is 0. The number of primary amides is 1. The van der Waals surface area contributed by atoms with E-state index in [9.17, 15) is 14.9 Å². The van der Waals surface area contributed by atoms with Gasteiger partial charge in [0.25, 0.3) is 5.69 Å². The van der Waals surface area contributed by atoms with Gasteiger partial charge in [-0.1, -0.05) is 47.1 Å². The molecule has 0 radical (unpaired) electrons. The maximum Gasteiger partial charge on any atom is 0.274 e.